The first-order chi connectivity index (χ1) is 6.31. The topological polar surface area (TPSA) is 15.3 Å². The van der Waals surface area contributed by atoms with E-state index in [9.17, 15) is 0 Å². The van der Waals surface area contributed by atoms with Gasteiger partial charge in [0.1, 0.15) is 0 Å². The molecule has 0 aromatic rings. The Morgan fingerprint density at radius 2 is 1.69 bits per heavy atom. The fraction of sp³-hybridized carbons (Fsp3) is 1.00. The number of unbranched alkanes of at least 4 members (excludes halogenated alkanes) is 1. The minimum Gasteiger partial charge on any atom is -0.316 e. The summed E-state index contributed by atoms with van der Waals surface area (Å²) in [5.41, 5.74) is 0. The molecule has 0 rings (SSSR count). The molecule has 0 spiro atoms. The Morgan fingerprint density at radius 1 is 1.08 bits per heavy atom. The summed E-state index contributed by atoms with van der Waals surface area (Å²) >= 11 is 0. The molecule has 0 bridgehead atoms. The van der Waals surface area contributed by atoms with Crippen molar-refractivity contribution in [3.05, 3.63) is 0 Å². The maximum absolute atomic E-state index is 3.31. The van der Waals surface area contributed by atoms with Crippen LogP contribution in [0.5, 0.6) is 0 Å². The van der Waals surface area contributed by atoms with Crippen LogP contribution in [-0.4, -0.2) is 38.1 Å². The number of nitrogens with zero attached hydrogens (tertiary/aromatic N) is 1. The van der Waals surface area contributed by atoms with E-state index in [1.165, 1.54) is 25.9 Å². The summed E-state index contributed by atoms with van der Waals surface area (Å²) in [7, 11) is 2.19. The molecule has 2 nitrogen and oxygen atoms in total. The van der Waals surface area contributed by atoms with E-state index in [0.717, 1.165) is 13.1 Å². The number of rotatable bonds is 7. The van der Waals surface area contributed by atoms with E-state index in [0.29, 0.717) is 0 Å². The van der Waals surface area contributed by atoms with E-state index < -0.39 is 0 Å². The first-order valence-electron chi connectivity index (χ1n) is 5.70. The molecule has 0 unspecified atom stereocenters. The molecule has 0 radical (unpaired) electrons. The van der Waals surface area contributed by atoms with Gasteiger partial charge < -0.3 is 10.2 Å². The SMILES string of the molecule is CC.CCCCN(C)CCNCC. The zero-order valence-electron chi connectivity index (χ0n) is 10.2. The lowest BCUT2D eigenvalue weighted by Gasteiger charge is -2.15. The van der Waals surface area contributed by atoms with Gasteiger partial charge in [0.2, 0.25) is 0 Å². The average Bonchev–Trinajstić information content (AvgIpc) is 2.18. The second-order valence-corrected chi connectivity index (χ2v) is 3.01. The van der Waals surface area contributed by atoms with Crippen molar-refractivity contribution in [1.82, 2.24) is 10.2 Å². The lowest BCUT2D eigenvalue weighted by Crippen LogP contribution is -2.29. The molecule has 0 aliphatic rings. The van der Waals surface area contributed by atoms with E-state index in [1.54, 1.807) is 0 Å². The molecule has 0 amide bonds. The molecule has 0 aliphatic heterocycles. The lowest BCUT2D eigenvalue weighted by molar-refractivity contribution is 0.327. The molecule has 0 fully saturated rings. The summed E-state index contributed by atoms with van der Waals surface area (Å²) in [5.74, 6) is 0. The Balaban J connectivity index is 0. The number of hydrogen-bond acceptors (Lipinski definition) is 2. The van der Waals surface area contributed by atoms with Crippen molar-refractivity contribution >= 4 is 0 Å². The van der Waals surface area contributed by atoms with Crippen molar-refractivity contribution in [2.75, 3.05) is 33.2 Å². The summed E-state index contributed by atoms with van der Waals surface area (Å²) in [6.45, 7) is 13.0. The van der Waals surface area contributed by atoms with E-state index in [2.05, 4.69) is 31.1 Å². The highest BCUT2D eigenvalue weighted by Crippen LogP contribution is 1.89. The molecule has 13 heavy (non-hydrogen) atoms. The highest BCUT2D eigenvalue weighted by atomic mass is 15.1. The zero-order chi connectivity index (χ0) is 10.5. The van der Waals surface area contributed by atoms with Gasteiger partial charge in [-0.05, 0) is 26.6 Å². The number of hydrogen-bond donors (Lipinski definition) is 1. The minimum absolute atomic E-state index is 1.08. The molecule has 2 heteroatoms. The monoisotopic (exact) mass is 188 g/mol. The summed E-state index contributed by atoms with van der Waals surface area (Å²) in [5, 5.41) is 3.31. The van der Waals surface area contributed by atoms with Gasteiger partial charge in [0.05, 0.1) is 0 Å². The molecule has 0 aromatic carbocycles. The zero-order valence-corrected chi connectivity index (χ0v) is 10.2. The molecule has 0 saturated carbocycles. The van der Waals surface area contributed by atoms with Gasteiger partial charge in [-0.15, -0.1) is 0 Å². The third-order valence-corrected chi connectivity index (χ3v) is 1.81. The maximum atomic E-state index is 3.31. The van der Waals surface area contributed by atoms with Crippen molar-refractivity contribution in [2.24, 2.45) is 0 Å². The second kappa shape index (κ2) is 14.4. The normalized spacial score (nSPS) is 9.69. The van der Waals surface area contributed by atoms with Crippen LogP contribution < -0.4 is 5.32 Å². The average molecular weight is 188 g/mol. The third-order valence-electron chi connectivity index (χ3n) is 1.81. The van der Waals surface area contributed by atoms with Crippen molar-refractivity contribution in [2.45, 2.75) is 40.5 Å². The van der Waals surface area contributed by atoms with Gasteiger partial charge in [-0.2, -0.15) is 0 Å². The predicted octanol–water partition coefficient (Wildman–Crippen LogP) is 2.35. The Morgan fingerprint density at radius 3 is 2.15 bits per heavy atom. The highest BCUT2D eigenvalue weighted by molar-refractivity contribution is 4.52. The molecular formula is C11H28N2. The minimum atomic E-state index is 1.08. The Bertz CT molecular complexity index is 74.5. The van der Waals surface area contributed by atoms with Crippen LogP contribution in [0.1, 0.15) is 40.5 Å². The fourth-order valence-electron chi connectivity index (χ4n) is 0.987. The molecule has 0 aromatic heterocycles. The van der Waals surface area contributed by atoms with Crippen LogP contribution in [0.3, 0.4) is 0 Å². The Hall–Kier alpha value is -0.0800. The maximum Gasteiger partial charge on any atom is 0.0104 e. The summed E-state index contributed by atoms with van der Waals surface area (Å²) < 4.78 is 0. The molecule has 0 heterocycles. The molecule has 1 N–H and O–H groups in total. The van der Waals surface area contributed by atoms with Crippen LogP contribution in [0.15, 0.2) is 0 Å². The first kappa shape index (κ1) is 15.4. The second-order valence-electron chi connectivity index (χ2n) is 3.01. The van der Waals surface area contributed by atoms with Crippen molar-refractivity contribution in [3.63, 3.8) is 0 Å². The van der Waals surface area contributed by atoms with Crippen LogP contribution in [0.25, 0.3) is 0 Å². The molecule has 82 valence electrons. The largest absolute Gasteiger partial charge is 0.316 e. The van der Waals surface area contributed by atoms with Crippen LogP contribution >= 0.6 is 0 Å². The van der Waals surface area contributed by atoms with E-state index in [1.807, 2.05) is 13.8 Å². The van der Waals surface area contributed by atoms with Gasteiger partial charge in [0.25, 0.3) is 0 Å². The van der Waals surface area contributed by atoms with E-state index in [4.69, 9.17) is 0 Å². The van der Waals surface area contributed by atoms with Crippen molar-refractivity contribution in [3.8, 4) is 0 Å². The van der Waals surface area contributed by atoms with Gasteiger partial charge in [0.15, 0.2) is 0 Å². The Kier molecular flexibility index (Phi) is 17.1. The van der Waals surface area contributed by atoms with Crippen molar-refractivity contribution < 1.29 is 0 Å². The number of nitrogens with one attached hydrogen (secondary N) is 1. The molecular weight excluding hydrogens is 160 g/mol. The molecule has 0 saturated heterocycles. The van der Waals surface area contributed by atoms with Crippen LogP contribution in [0.4, 0.5) is 0 Å². The molecule has 0 atom stereocenters. The first-order valence-corrected chi connectivity index (χ1v) is 5.70. The van der Waals surface area contributed by atoms with Gasteiger partial charge in [-0.1, -0.05) is 34.1 Å². The molecule has 0 aliphatic carbocycles. The van der Waals surface area contributed by atoms with Gasteiger partial charge in [-0.3, -0.25) is 0 Å². The van der Waals surface area contributed by atoms with Gasteiger partial charge in [-0.25, -0.2) is 0 Å². The van der Waals surface area contributed by atoms with Gasteiger partial charge >= 0.3 is 0 Å². The van der Waals surface area contributed by atoms with E-state index >= 15 is 0 Å². The highest BCUT2D eigenvalue weighted by Gasteiger charge is 1.94. The predicted molar refractivity (Wildman–Crippen MR) is 62.3 cm³/mol. The fourth-order valence-corrected chi connectivity index (χ4v) is 0.987. The number of likely N-dealkylation sites (N-methyl/N-ethyl adjacent to an activating group) is 2. The summed E-state index contributed by atoms with van der Waals surface area (Å²) in [4.78, 5) is 2.38. The van der Waals surface area contributed by atoms with Crippen molar-refractivity contribution in [1.29, 1.82) is 0 Å². The quantitative estimate of drug-likeness (QED) is 0.617. The summed E-state index contributed by atoms with van der Waals surface area (Å²) in [6.07, 6.45) is 2.62. The third kappa shape index (κ3) is 14.7. The summed E-state index contributed by atoms with van der Waals surface area (Å²) in [6, 6.07) is 0. The van der Waals surface area contributed by atoms with Crippen LogP contribution in [0, 0.1) is 0 Å². The standard InChI is InChI=1S/C9H22N2.C2H6/c1-4-6-8-11(3)9-7-10-5-2;1-2/h10H,4-9H2,1-3H3;1-2H3. The van der Waals surface area contributed by atoms with Gasteiger partial charge in [0, 0.05) is 13.1 Å². The van der Waals surface area contributed by atoms with Crippen LogP contribution in [-0.2, 0) is 0 Å². The van der Waals surface area contributed by atoms with E-state index in [-0.39, 0.29) is 0 Å². The Labute approximate surface area is 84.7 Å². The smallest absolute Gasteiger partial charge is 0.0104 e. The lowest BCUT2D eigenvalue weighted by atomic mass is 10.3. The van der Waals surface area contributed by atoms with Crippen LogP contribution in [0.2, 0.25) is 0 Å².